The van der Waals surface area contributed by atoms with Crippen molar-refractivity contribution in [2.45, 2.75) is 60.5 Å². The van der Waals surface area contributed by atoms with E-state index in [1.54, 1.807) is 11.7 Å². The van der Waals surface area contributed by atoms with Crippen LogP contribution < -0.4 is 11.2 Å². The van der Waals surface area contributed by atoms with E-state index in [0.717, 1.165) is 17.0 Å². The van der Waals surface area contributed by atoms with Crippen molar-refractivity contribution in [1.82, 2.24) is 28.5 Å². The summed E-state index contributed by atoms with van der Waals surface area (Å²) in [7, 11) is 1.66. The molecular weight excluding hydrogens is 332 g/mol. The second kappa shape index (κ2) is 6.26. The van der Waals surface area contributed by atoms with Crippen molar-refractivity contribution < 1.29 is 0 Å². The van der Waals surface area contributed by atoms with Gasteiger partial charge < -0.3 is 0 Å². The van der Waals surface area contributed by atoms with Crippen LogP contribution in [0.2, 0.25) is 0 Å². The third kappa shape index (κ3) is 2.43. The zero-order chi connectivity index (χ0) is 19.3. The van der Waals surface area contributed by atoms with Crippen LogP contribution in [0.15, 0.2) is 9.59 Å². The van der Waals surface area contributed by atoms with Crippen LogP contribution in [0.1, 0.15) is 50.2 Å². The molecule has 140 valence electrons. The number of nitrogens with zero attached hydrogens (tertiary/aromatic N) is 6. The Labute approximate surface area is 151 Å². The molecule has 0 unspecified atom stereocenters. The third-order valence-electron chi connectivity index (χ3n) is 4.96. The number of hydrogen-bond donors (Lipinski definition) is 0. The molecule has 8 nitrogen and oxygen atoms in total. The number of aromatic nitrogens is 6. The molecule has 0 amide bonds. The Hall–Kier alpha value is -2.64. The topological polar surface area (TPSA) is 79.6 Å². The average Bonchev–Trinajstić information content (AvgIpc) is 3.10. The second-order valence-corrected chi connectivity index (χ2v) is 7.05. The molecule has 3 heterocycles. The molecule has 0 saturated carbocycles. The molecule has 26 heavy (non-hydrogen) atoms. The van der Waals surface area contributed by atoms with Gasteiger partial charge in [-0.3, -0.25) is 18.5 Å². The Balaban J connectivity index is 2.50. The molecule has 0 radical (unpaired) electrons. The molecule has 3 aromatic heterocycles. The third-order valence-corrected chi connectivity index (χ3v) is 4.96. The molecule has 8 heteroatoms. The van der Waals surface area contributed by atoms with E-state index in [0.29, 0.717) is 30.1 Å². The van der Waals surface area contributed by atoms with Gasteiger partial charge in [0.25, 0.3) is 5.56 Å². The van der Waals surface area contributed by atoms with E-state index in [9.17, 15) is 9.59 Å². The predicted molar refractivity (Wildman–Crippen MR) is 101 cm³/mol. The number of imidazole rings is 1. The number of hydrogen-bond acceptors (Lipinski definition) is 4. The minimum Gasteiger partial charge on any atom is -0.300 e. The van der Waals surface area contributed by atoms with E-state index in [4.69, 9.17) is 0 Å². The van der Waals surface area contributed by atoms with E-state index < -0.39 is 0 Å². The molecule has 3 rings (SSSR count). The fraction of sp³-hybridized carbons (Fsp3) is 0.556. The smallest absolute Gasteiger partial charge is 0.300 e. The predicted octanol–water partition coefficient (Wildman–Crippen LogP) is 2.00. The van der Waals surface area contributed by atoms with E-state index in [1.807, 2.05) is 46.1 Å². The van der Waals surface area contributed by atoms with Crippen molar-refractivity contribution in [2.24, 2.45) is 7.05 Å². The SMILES string of the molecule is CCCn1c(=O)c2c(nc(-n3nc(C)c(C)c3C)n2C(C)C)n(C)c1=O. The standard InChI is InChI=1S/C18H26N6O2/c1-8-9-22-16(25)14-15(21(7)18(22)26)19-17(23(14)10(2)3)24-13(6)11(4)12(5)20-24/h10H,8-9H2,1-7H3. The van der Waals surface area contributed by atoms with Crippen molar-refractivity contribution >= 4 is 11.2 Å². The summed E-state index contributed by atoms with van der Waals surface area (Å²) in [4.78, 5) is 30.3. The van der Waals surface area contributed by atoms with Crippen LogP contribution in [0.25, 0.3) is 17.1 Å². The van der Waals surface area contributed by atoms with Gasteiger partial charge in [-0.05, 0) is 46.6 Å². The highest BCUT2D eigenvalue weighted by Crippen LogP contribution is 2.23. The Bertz CT molecular complexity index is 1110. The van der Waals surface area contributed by atoms with Crippen molar-refractivity contribution in [1.29, 1.82) is 0 Å². The van der Waals surface area contributed by atoms with Crippen LogP contribution in [-0.4, -0.2) is 28.5 Å². The maximum atomic E-state index is 13.1. The van der Waals surface area contributed by atoms with E-state index in [-0.39, 0.29) is 17.3 Å². The fourth-order valence-corrected chi connectivity index (χ4v) is 3.30. The second-order valence-electron chi connectivity index (χ2n) is 7.05. The lowest BCUT2D eigenvalue weighted by Crippen LogP contribution is -2.39. The molecule has 0 spiro atoms. The number of aryl methyl sites for hydroxylation is 2. The van der Waals surface area contributed by atoms with Crippen molar-refractivity contribution in [3.05, 3.63) is 37.8 Å². The molecule has 3 aromatic rings. The summed E-state index contributed by atoms with van der Waals surface area (Å²) >= 11 is 0. The molecule has 0 aliphatic rings. The first-order valence-electron chi connectivity index (χ1n) is 8.95. The molecule has 0 bridgehead atoms. The summed E-state index contributed by atoms with van der Waals surface area (Å²) in [5, 5.41) is 4.60. The Morgan fingerprint density at radius 3 is 2.27 bits per heavy atom. The van der Waals surface area contributed by atoms with Gasteiger partial charge in [-0.15, -0.1) is 0 Å². The van der Waals surface area contributed by atoms with Gasteiger partial charge in [-0.2, -0.15) is 10.1 Å². The van der Waals surface area contributed by atoms with E-state index >= 15 is 0 Å². The Morgan fingerprint density at radius 1 is 1.12 bits per heavy atom. The number of fused-ring (bicyclic) bond motifs is 1. The summed E-state index contributed by atoms with van der Waals surface area (Å²) in [6.07, 6.45) is 0.708. The molecule has 0 atom stereocenters. The Morgan fingerprint density at radius 2 is 1.77 bits per heavy atom. The first-order chi connectivity index (χ1) is 12.2. The average molecular weight is 358 g/mol. The zero-order valence-electron chi connectivity index (χ0n) is 16.5. The lowest BCUT2D eigenvalue weighted by atomic mass is 10.2. The lowest BCUT2D eigenvalue weighted by molar-refractivity contribution is 0.567. The summed E-state index contributed by atoms with van der Waals surface area (Å²) in [6.45, 7) is 12.3. The number of rotatable bonds is 4. The van der Waals surface area contributed by atoms with Crippen molar-refractivity contribution in [3.63, 3.8) is 0 Å². The largest absolute Gasteiger partial charge is 0.332 e. The highest BCUT2D eigenvalue weighted by atomic mass is 16.2. The van der Waals surface area contributed by atoms with Crippen LogP contribution in [0.4, 0.5) is 0 Å². The minimum atomic E-state index is -0.339. The highest BCUT2D eigenvalue weighted by Gasteiger charge is 2.24. The van der Waals surface area contributed by atoms with Gasteiger partial charge in [0.2, 0.25) is 5.95 Å². The summed E-state index contributed by atoms with van der Waals surface area (Å²) in [6, 6.07) is -0.0144. The van der Waals surface area contributed by atoms with E-state index in [2.05, 4.69) is 10.1 Å². The van der Waals surface area contributed by atoms with Gasteiger partial charge in [0.15, 0.2) is 11.2 Å². The van der Waals surface area contributed by atoms with Crippen LogP contribution >= 0.6 is 0 Å². The monoisotopic (exact) mass is 358 g/mol. The molecule has 0 aliphatic heterocycles. The van der Waals surface area contributed by atoms with Crippen molar-refractivity contribution in [3.8, 4) is 5.95 Å². The first kappa shape index (κ1) is 18.2. The van der Waals surface area contributed by atoms with Crippen molar-refractivity contribution in [2.75, 3.05) is 0 Å². The first-order valence-corrected chi connectivity index (χ1v) is 8.95. The van der Waals surface area contributed by atoms with Gasteiger partial charge in [0, 0.05) is 25.3 Å². The van der Waals surface area contributed by atoms with Gasteiger partial charge in [-0.25, -0.2) is 9.48 Å². The molecule has 0 N–H and O–H groups in total. The van der Waals surface area contributed by atoms with Gasteiger partial charge in [0.1, 0.15) is 0 Å². The van der Waals surface area contributed by atoms with Gasteiger partial charge >= 0.3 is 5.69 Å². The van der Waals surface area contributed by atoms with Gasteiger partial charge in [-0.1, -0.05) is 6.92 Å². The van der Waals surface area contributed by atoms with Gasteiger partial charge in [0.05, 0.1) is 5.69 Å². The molecule has 0 aliphatic carbocycles. The normalized spacial score (nSPS) is 11.8. The molecule has 0 aromatic carbocycles. The fourth-order valence-electron chi connectivity index (χ4n) is 3.30. The minimum absolute atomic E-state index is 0.0144. The Kier molecular flexibility index (Phi) is 4.37. The lowest BCUT2D eigenvalue weighted by Gasteiger charge is -2.14. The molecular formula is C18H26N6O2. The van der Waals surface area contributed by atoms with Crippen LogP contribution in [0, 0.1) is 20.8 Å². The summed E-state index contributed by atoms with van der Waals surface area (Å²) in [5.41, 5.74) is 3.17. The molecule has 0 fully saturated rings. The summed E-state index contributed by atoms with van der Waals surface area (Å²) in [5.74, 6) is 0.560. The molecule has 0 saturated heterocycles. The van der Waals surface area contributed by atoms with E-state index in [1.165, 1.54) is 9.13 Å². The maximum absolute atomic E-state index is 13.1. The van der Waals surface area contributed by atoms with Crippen LogP contribution in [0.3, 0.4) is 0 Å². The summed E-state index contributed by atoms with van der Waals surface area (Å²) < 4.78 is 6.38. The zero-order valence-corrected chi connectivity index (χ0v) is 16.5. The van der Waals surface area contributed by atoms with Crippen LogP contribution in [-0.2, 0) is 13.6 Å². The van der Waals surface area contributed by atoms with Crippen LogP contribution in [0.5, 0.6) is 0 Å². The quantitative estimate of drug-likeness (QED) is 0.714. The highest BCUT2D eigenvalue weighted by molar-refractivity contribution is 5.73. The maximum Gasteiger partial charge on any atom is 0.332 e.